The number of aromatic nitrogens is 1. The van der Waals surface area contributed by atoms with Crippen molar-refractivity contribution in [1.82, 2.24) is 10.3 Å². The van der Waals surface area contributed by atoms with Crippen LogP contribution in [0.2, 0.25) is 0 Å². The highest BCUT2D eigenvalue weighted by Gasteiger charge is 2.53. The predicted molar refractivity (Wildman–Crippen MR) is 157 cm³/mol. The molecule has 8 nitrogen and oxygen atoms in total. The van der Waals surface area contributed by atoms with Crippen LogP contribution in [-0.2, 0) is 16.8 Å². The summed E-state index contributed by atoms with van der Waals surface area (Å²) in [7, 11) is 3.29. The van der Waals surface area contributed by atoms with Crippen molar-refractivity contribution in [2.24, 2.45) is 10.9 Å². The van der Waals surface area contributed by atoms with Crippen molar-refractivity contribution >= 4 is 40.0 Å². The largest absolute Gasteiger partial charge is 0.497 e. The average Bonchev–Trinajstić information content (AvgIpc) is 3.46. The van der Waals surface area contributed by atoms with Crippen LogP contribution < -0.4 is 20.1 Å². The lowest BCUT2D eigenvalue weighted by molar-refractivity contribution is -0.122. The third kappa shape index (κ3) is 5.78. The summed E-state index contributed by atoms with van der Waals surface area (Å²) in [6, 6.07) is 15.0. The minimum absolute atomic E-state index is 0.166. The summed E-state index contributed by atoms with van der Waals surface area (Å²) in [5.41, 5.74) is 0.756. The first-order valence-corrected chi connectivity index (χ1v) is 14.9. The number of hydrogen-bond acceptors (Lipinski definition) is 9. The van der Waals surface area contributed by atoms with Crippen molar-refractivity contribution in [3.63, 3.8) is 0 Å². The number of amides is 1. The number of thiazole rings is 1. The molecule has 0 radical (unpaired) electrons. The Morgan fingerprint density at radius 3 is 2.74 bits per heavy atom. The summed E-state index contributed by atoms with van der Waals surface area (Å²) in [5.74, 6) is 3.17. The normalized spacial score (nSPS) is 24.3. The number of hydrogen-bond donors (Lipinski definition) is 2. The van der Waals surface area contributed by atoms with Crippen LogP contribution in [0.5, 0.6) is 11.5 Å². The minimum Gasteiger partial charge on any atom is -0.497 e. The predicted octanol–water partition coefficient (Wildman–Crippen LogP) is 5.71. The highest BCUT2D eigenvalue weighted by molar-refractivity contribution is 8.13. The Balaban J connectivity index is 1.40. The van der Waals surface area contributed by atoms with Gasteiger partial charge in [0.15, 0.2) is 5.17 Å². The van der Waals surface area contributed by atoms with Crippen molar-refractivity contribution in [1.29, 1.82) is 0 Å². The molecule has 2 N–H and O–H groups in total. The number of fused-ring (bicyclic) bond motifs is 1. The van der Waals surface area contributed by atoms with Gasteiger partial charge in [-0.15, -0.1) is 11.3 Å². The second-order valence-corrected chi connectivity index (χ2v) is 11.9. The number of carbonyl (C=O) groups is 1. The second kappa shape index (κ2) is 11.6. The highest BCUT2D eigenvalue weighted by atomic mass is 32.2. The zero-order chi connectivity index (χ0) is 27.5. The highest BCUT2D eigenvalue weighted by Crippen LogP contribution is 2.50. The molecular weight excluding hydrogens is 532 g/mol. The molecule has 3 atom stereocenters. The third-order valence-electron chi connectivity index (χ3n) is 7.55. The van der Waals surface area contributed by atoms with Crippen LogP contribution >= 0.6 is 23.1 Å². The van der Waals surface area contributed by atoms with Gasteiger partial charge in [-0.3, -0.25) is 4.79 Å². The van der Waals surface area contributed by atoms with E-state index >= 15 is 0 Å². The molecule has 3 heterocycles. The van der Waals surface area contributed by atoms with E-state index in [0.29, 0.717) is 23.9 Å². The van der Waals surface area contributed by atoms with Gasteiger partial charge in [0, 0.05) is 40.8 Å². The summed E-state index contributed by atoms with van der Waals surface area (Å²) in [4.78, 5) is 23.1. The molecule has 0 aliphatic carbocycles. The molecule has 1 amide bonds. The molecule has 1 aromatic heterocycles. The summed E-state index contributed by atoms with van der Waals surface area (Å²) in [6.45, 7) is 5.31. The van der Waals surface area contributed by atoms with E-state index in [1.807, 2.05) is 41.8 Å². The SMILES string of the molecule is CC[C@@]1(C)C[C@@H]2CSC(NC(=O)c3ccccc3)=N[C@]2(c2nc(NCc3ccc(OC)cc3OC)cs2)CO1. The lowest BCUT2D eigenvalue weighted by Gasteiger charge is -2.49. The number of ether oxygens (including phenoxy) is 3. The van der Waals surface area contributed by atoms with Crippen molar-refractivity contribution in [2.75, 3.05) is 31.9 Å². The van der Waals surface area contributed by atoms with Crippen LogP contribution in [0.4, 0.5) is 5.82 Å². The molecule has 1 fully saturated rings. The second-order valence-electron chi connectivity index (χ2n) is 10.0. The van der Waals surface area contributed by atoms with E-state index < -0.39 is 5.54 Å². The first-order chi connectivity index (χ1) is 18.9. The molecule has 2 aliphatic heterocycles. The summed E-state index contributed by atoms with van der Waals surface area (Å²) >= 11 is 3.17. The number of nitrogens with zero attached hydrogens (tertiary/aromatic N) is 2. The van der Waals surface area contributed by atoms with Crippen LogP contribution in [0.25, 0.3) is 0 Å². The number of nitrogens with one attached hydrogen (secondary N) is 2. The first kappa shape index (κ1) is 27.5. The topological polar surface area (TPSA) is 94.1 Å². The minimum atomic E-state index is -0.651. The molecule has 2 aromatic carbocycles. The number of benzene rings is 2. The standard InChI is InChI=1S/C29H34N4O4S2/c1-5-28(2)14-21-16-39-27(32-25(34)19-9-7-6-8-10-19)33-29(21,18-37-28)26-31-24(17-38-26)30-15-20-11-12-22(35-3)13-23(20)36-4/h6-13,17,21,30H,5,14-16,18H2,1-4H3,(H,32,33,34)/t21-,28+,29-/m1/s1. The Morgan fingerprint density at radius 1 is 1.18 bits per heavy atom. The monoisotopic (exact) mass is 566 g/mol. The van der Waals surface area contributed by atoms with Crippen molar-refractivity contribution in [3.05, 3.63) is 70.0 Å². The summed E-state index contributed by atoms with van der Waals surface area (Å²) in [5, 5.41) is 9.98. The average molecular weight is 567 g/mol. The number of carbonyl (C=O) groups excluding carboxylic acids is 1. The Kier molecular flexibility index (Phi) is 8.16. The fraction of sp³-hybridized carbons (Fsp3) is 0.414. The van der Waals surface area contributed by atoms with Gasteiger partial charge >= 0.3 is 0 Å². The summed E-state index contributed by atoms with van der Waals surface area (Å²) in [6.07, 6.45) is 1.81. The third-order valence-corrected chi connectivity index (χ3v) is 9.59. The molecular formula is C29H34N4O4S2. The lowest BCUT2D eigenvalue weighted by Crippen LogP contribution is -2.54. The van der Waals surface area contributed by atoms with Crippen LogP contribution in [0.15, 0.2) is 58.9 Å². The first-order valence-electron chi connectivity index (χ1n) is 13.0. The van der Waals surface area contributed by atoms with Crippen LogP contribution in [0.1, 0.15) is 47.6 Å². The molecule has 0 saturated carbocycles. The van der Waals surface area contributed by atoms with Gasteiger partial charge in [0.25, 0.3) is 5.91 Å². The van der Waals surface area contributed by atoms with Gasteiger partial charge in [-0.1, -0.05) is 36.9 Å². The summed E-state index contributed by atoms with van der Waals surface area (Å²) < 4.78 is 17.3. The molecule has 0 unspecified atom stereocenters. The van der Waals surface area contributed by atoms with Gasteiger partial charge < -0.3 is 24.8 Å². The van der Waals surface area contributed by atoms with Crippen LogP contribution in [0.3, 0.4) is 0 Å². The Bertz CT molecular complexity index is 1350. The van der Waals surface area contributed by atoms with E-state index in [4.69, 9.17) is 24.2 Å². The molecule has 1 saturated heterocycles. The van der Waals surface area contributed by atoms with E-state index in [0.717, 1.165) is 46.5 Å². The van der Waals surface area contributed by atoms with Crippen molar-refractivity contribution in [2.45, 2.75) is 44.4 Å². The van der Waals surface area contributed by atoms with E-state index in [-0.39, 0.29) is 17.4 Å². The van der Waals surface area contributed by atoms with Crippen LogP contribution in [-0.4, -0.2) is 48.2 Å². The van der Waals surface area contributed by atoms with E-state index in [1.54, 1.807) is 49.5 Å². The molecule has 5 rings (SSSR count). The van der Waals surface area contributed by atoms with Gasteiger partial charge in [-0.2, -0.15) is 0 Å². The maximum Gasteiger partial charge on any atom is 0.257 e. The van der Waals surface area contributed by atoms with E-state index in [9.17, 15) is 4.79 Å². The van der Waals surface area contributed by atoms with E-state index in [1.165, 1.54) is 0 Å². The fourth-order valence-corrected chi connectivity index (χ4v) is 7.09. The van der Waals surface area contributed by atoms with Gasteiger partial charge in [0.05, 0.1) is 26.4 Å². The molecule has 2 aliphatic rings. The van der Waals surface area contributed by atoms with Crippen molar-refractivity contribution in [3.8, 4) is 11.5 Å². The molecule has 0 bridgehead atoms. The smallest absolute Gasteiger partial charge is 0.257 e. The Labute approximate surface area is 237 Å². The molecule has 0 spiro atoms. The zero-order valence-electron chi connectivity index (χ0n) is 22.7. The fourth-order valence-electron chi connectivity index (χ4n) is 4.96. The lowest BCUT2D eigenvalue weighted by atomic mass is 9.75. The van der Waals surface area contributed by atoms with Gasteiger partial charge in [0.2, 0.25) is 0 Å². The maximum absolute atomic E-state index is 12.9. The molecule has 39 heavy (non-hydrogen) atoms. The van der Waals surface area contributed by atoms with Gasteiger partial charge in [0.1, 0.15) is 27.9 Å². The van der Waals surface area contributed by atoms with Crippen LogP contribution in [0, 0.1) is 5.92 Å². The maximum atomic E-state index is 12.9. The van der Waals surface area contributed by atoms with Gasteiger partial charge in [-0.05, 0) is 44.0 Å². The van der Waals surface area contributed by atoms with E-state index in [2.05, 4.69) is 24.5 Å². The Morgan fingerprint density at radius 2 is 2.00 bits per heavy atom. The van der Waals surface area contributed by atoms with Gasteiger partial charge in [-0.25, -0.2) is 9.98 Å². The number of thioether (sulfide) groups is 1. The molecule has 206 valence electrons. The molecule has 3 aromatic rings. The zero-order valence-corrected chi connectivity index (χ0v) is 24.3. The number of amidine groups is 1. The quantitative estimate of drug-likeness (QED) is 0.361. The number of methoxy groups -OCH3 is 2. The Hall–Kier alpha value is -3.08. The number of rotatable bonds is 8. The number of anilines is 1. The number of aliphatic imine (C=N–C) groups is 1. The van der Waals surface area contributed by atoms with Crippen molar-refractivity contribution < 1.29 is 19.0 Å². The molecule has 10 heteroatoms.